The molecule has 0 aliphatic carbocycles. The molecule has 4 aromatic rings. The highest BCUT2D eigenvalue weighted by Gasteiger charge is 2.09. The molecule has 0 atom stereocenters. The second kappa shape index (κ2) is 18.0. The van der Waals surface area contributed by atoms with Crippen molar-refractivity contribution in [3.63, 3.8) is 0 Å². The third kappa shape index (κ3) is 10.8. The van der Waals surface area contributed by atoms with Crippen LogP contribution in [0.15, 0.2) is 104 Å². The summed E-state index contributed by atoms with van der Waals surface area (Å²) in [4.78, 5) is 12.6. The van der Waals surface area contributed by atoms with Crippen LogP contribution in [0.2, 0.25) is 0 Å². The molecule has 0 radical (unpaired) electrons. The zero-order valence-electron chi connectivity index (χ0n) is 25.4. The van der Waals surface area contributed by atoms with Crippen molar-refractivity contribution in [2.45, 2.75) is 57.8 Å². The van der Waals surface area contributed by atoms with Crippen LogP contribution in [-0.2, 0) is 0 Å². The Morgan fingerprint density at radius 1 is 0.591 bits per heavy atom. The number of unbranched alkanes of at least 4 members (excludes halogenated alkanes) is 8. The Hall–Kier alpha value is -4.82. The monoisotopic (exact) mass is 587 g/mol. The maximum atomic E-state index is 12.6. The minimum absolute atomic E-state index is 0.411. The topological polar surface area (TPSA) is 68.6 Å². The van der Waals surface area contributed by atoms with E-state index in [0.29, 0.717) is 23.5 Å². The molecule has 4 rings (SSSR count). The van der Waals surface area contributed by atoms with Crippen LogP contribution in [0.5, 0.6) is 17.2 Å². The maximum absolute atomic E-state index is 12.6. The molecule has 226 valence electrons. The summed E-state index contributed by atoms with van der Waals surface area (Å²) in [7, 11) is 0. The summed E-state index contributed by atoms with van der Waals surface area (Å²) in [6.07, 6.45) is 12.6. The Labute approximate surface area is 261 Å². The van der Waals surface area contributed by atoms with E-state index in [9.17, 15) is 4.79 Å². The number of benzene rings is 4. The summed E-state index contributed by atoms with van der Waals surface area (Å²) in [5, 5.41) is 8.96. The van der Waals surface area contributed by atoms with E-state index in [-0.39, 0.29) is 0 Å². The Morgan fingerprint density at radius 3 is 1.50 bits per heavy atom. The molecule has 0 saturated heterocycles. The first-order valence-electron chi connectivity index (χ1n) is 15.6. The molecular formula is C39H41NO4. The second-order valence-corrected chi connectivity index (χ2v) is 10.8. The molecule has 0 spiro atoms. The molecule has 0 aromatic heterocycles. The lowest BCUT2D eigenvalue weighted by atomic mass is 10.0. The van der Waals surface area contributed by atoms with E-state index in [1.54, 1.807) is 36.4 Å². The maximum Gasteiger partial charge on any atom is 0.343 e. The van der Waals surface area contributed by atoms with Gasteiger partial charge in [-0.3, -0.25) is 0 Å². The van der Waals surface area contributed by atoms with Crippen LogP contribution in [-0.4, -0.2) is 19.2 Å². The quantitative estimate of drug-likeness (QED) is 0.0658. The van der Waals surface area contributed by atoms with Gasteiger partial charge in [0.2, 0.25) is 0 Å². The van der Waals surface area contributed by atoms with Crippen LogP contribution in [0.4, 0.5) is 0 Å². The van der Waals surface area contributed by atoms with Crippen LogP contribution in [0, 0.1) is 11.3 Å². The van der Waals surface area contributed by atoms with Gasteiger partial charge in [0.15, 0.2) is 0 Å². The first kappa shape index (κ1) is 32.1. The van der Waals surface area contributed by atoms with Crippen molar-refractivity contribution < 1.29 is 19.0 Å². The molecule has 0 N–H and O–H groups in total. The third-order valence-electron chi connectivity index (χ3n) is 7.44. The van der Waals surface area contributed by atoms with Crippen LogP contribution in [0.3, 0.4) is 0 Å². The molecular weight excluding hydrogens is 546 g/mol. The average Bonchev–Trinajstić information content (AvgIpc) is 3.07. The molecule has 0 unspecified atom stereocenters. The van der Waals surface area contributed by atoms with Gasteiger partial charge < -0.3 is 14.2 Å². The second-order valence-electron chi connectivity index (χ2n) is 10.8. The highest BCUT2D eigenvalue weighted by atomic mass is 16.5. The number of nitrogens with zero attached hydrogens (tertiary/aromatic N) is 1. The van der Waals surface area contributed by atoms with E-state index in [0.717, 1.165) is 54.1 Å². The molecule has 5 heteroatoms. The van der Waals surface area contributed by atoms with E-state index in [4.69, 9.17) is 19.5 Å². The number of rotatable bonds is 18. The molecule has 0 amide bonds. The highest BCUT2D eigenvalue weighted by molar-refractivity contribution is 5.91. The number of esters is 1. The van der Waals surface area contributed by atoms with Gasteiger partial charge in [0.05, 0.1) is 30.4 Å². The van der Waals surface area contributed by atoms with Crippen LogP contribution in [0.1, 0.15) is 79.3 Å². The zero-order valence-corrected chi connectivity index (χ0v) is 25.4. The summed E-state index contributed by atoms with van der Waals surface area (Å²) in [5.74, 6) is 1.75. The minimum Gasteiger partial charge on any atom is -0.494 e. The van der Waals surface area contributed by atoms with Crippen LogP contribution < -0.4 is 14.2 Å². The van der Waals surface area contributed by atoms with Crippen molar-refractivity contribution in [1.82, 2.24) is 0 Å². The van der Waals surface area contributed by atoms with Gasteiger partial charge in [0, 0.05) is 0 Å². The van der Waals surface area contributed by atoms with E-state index in [1.165, 1.54) is 38.5 Å². The molecule has 0 bridgehead atoms. The lowest BCUT2D eigenvalue weighted by Gasteiger charge is -2.08. The molecule has 0 fully saturated rings. The summed E-state index contributed by atoms with van der Waals surface area (Å²) >= 11 is 0. The van der Waals surface area contributed by atoms with Gasteiger partial charge >= 0.3 is 5.97 Å². The fourth-order valence-electron chi connectivity index (χ4n) is 4.83. The van der Waals surface area contributed by atoms with Gasteiger partial charge in [-0.05, 0) is 90.2 Å². The van der Waals surface area contributed by atoms with Crippen molar-refractivity contribution in [3.05, 3.63) is 120 Å². The Balaban J connectivity index is 1.01. The standard InChI is InChI=1S/C39H41NO4/c1-2-31-14-22-36(23-15-31)42-28-10-8-6-4-3-5-7-9-11-29-43-37-24-20-35(21-25-37)39(41)44-38-26-18-34(19-27-38)33-16-12-32(30-40)13-17-33/h2,12-27H,1,3-11,28-29H2. The number of hydrogen-bond acceptors (Lipinski definition) is 5. The number of carbonyl (C=O) groups excluding carboxylic acids is 1. The summed E-state index contributed by atoms with van der Waals surface area (Å²) in [5.41, 5.74) is 4.18. The first-order valence-corrected chi connectivity index (χ1v) is 15.6. The van der Waals surface area contributed by atoms with Gasteiger partial charge in [-0.1, -0.05) is 94.0 Å². The zero-order chi connectivity index (χ0) is 30.8. The van der Waals surface area contributed by atoms with Crippen molar-refractivity contribution in [2.24, 2.45) is 0 Å². The number of nitriles is 1. The SMILES string of the molecule is C=Cc1ccc(OCCCCCCCCCCCOc2ccc(C(=O)Oc3ccc(-c4ccc(C#N)cc4)cc3)cc2)cc1. The van der Waals surface area contributed by atoms with Crippen LogP contribution >= 0.6 is 0 Å². The highest BCUT2D eigenvalue weighted by Crippen LogP contribution is 2.24. The van der Waals surface area contributed by atoms with Gasteiger partial charge in [0.25, 0.3) is 0 Å². The van der Waals surface area contributed by atoms with Crippen molar-refractivity contribution in [1.29, 1.82) is 5.26 Å². The molecule has 0 aliphatic rings. The van der Waals surface area contributed by atoms with Gasteiger partial charge in [-0.2, -0.15) is 5.26 Å². The number of carbonyl (C=O) groups is 1. The van der Waals surface area contributed by atoms with E-state index >= 15 is 0 Å². The first-order chi connectivity index (χ1) is 21.6. The Morgan fingerprint density at radius 2 is 1.02 bits per heavy atom. The third-order valence-corrected chi connectivity index (χ3v) is 7.44. The predicted molar refractivity (Wildman–Crippen MR) is 177 cm³/mol. The van der Waals surface area contributed by atoms with E-state index < -0.39 is 5.97 Å². The summed E-state index contributed by atoms with van der Waals surface area (Å²) in [6, 6.07) is 32.0. The summed E-state index contributed by atoms with van der Waals surface area (Å²) < 4.78 is 17.2. The predicted octanol–water partition coefficient (Wildman–Crippen LogP) is 10.1. The molecule has 44 heavy (non-hydrogen) atoms. The van der Waals surface area contributed by atoms with Gasteiger partial charge in [-0.25, -0.2) is 4.79 Å². The largest absolute Gasteiger partial charge is 0.494 e. The number of hydrogen-bond donors (Lipinski definition) is 0. The normalized spacial score (nSPS) is 10.5. The molecule has 5 nitrogen and oxygen atoms in total. The van der Waals surface area contributed by atoms with Crippen molar-refractivity contribution >= 4 is 12.0 Å². The minimum atomic E-state index is -0.411. The molecule has 0 aliphatic heterocycles. The Bertz CT molecular complexity index is 1470. The molecule has 0 heterocycles. The Kier molecular flexibility index (Phi) is 13.1. The van der Waals surface area contributed by atoms with Gasteiger partial charge in [0.1, 0.15) is 17.2 Å². The fourth-order valence-corrected chi connectivity index (χ4v) is 4.83. The molecule has 4 aromatic carbocycles. The van der Waals surface area contributed by atoms with Crippen LogP contribution in [0.25, 0.3) is 17.2 Å². The lowest BCUT2D eigenvalue weighted by molar-refractivity contribution is 0.0734. The number of ether oxygens (including phenoxy) is 3. The van der Waals surface area contributed by atoms with Gasteiger partial charge in [-0.15, -0.1) is 0 Å². The fraction of sp³-hybridized carbons (Fsp3) is 0.282. The molecule has 0 saturated carbocycles. The lowest BCUT2D eigenvalue weighted by Crippen LogP contribution is -2.08. The smallest absolute Gasteiger partial charge is 0.343 e. The van der Waals surface area contributed by atoms with E-state index in [2.05, 4.69) is 12.6 Å². The van der Waals surface area contributed by atoms with E-state index in [1.807, 2.05) is 66.7 Å². The average molecular weight is 588 g/mol. The summed E-state index contributed by atoms with van der Waals surface area (Å²) in [6.45, 7) is 5.22. The van der Waals surface area contributed by atoms with Crippen molar-refractivity contribution in [3.8, 4) is 34.4 Å². The van der Waals surface area contributed by atoms with Crippen molar-refractivity contribution in [2.75, 3.05) is 13.2 Å².